The molecule has 14 heavy (non-hydrogen) atoms. The molecule has 5 heteroatoms. The molecule has 0 saturated carbocycles. The van der Waals surface area contributed by atoms with E-state index < -0.39 is 0 Å². The SMILES string of the molecule is CCCNC(=O)c1ccncc1NN. The van der Waals surface area contributed by atoms with Crippen LogP contribution in [0.4, 0.5) is 5.69 Å². The van der Waals surface area contributed by atoms with E-state index in [9.17, 15) is 4.79 Å². The van der Waals surface area contributed by atoms with Crippen LogP contribution >= 0.6 is 0 Å². The topological polar surface area (TPSA) is 80.0 Å². The van der Waals surface area contributed by atoms with Crippen LogP contribution in [-0.2, 0) is 0 Å². The number of nitrogens with two attached hydrogens (primary N) is 1. The molecule has 0 unspecified atom stereocenters. The second kappa shape index (κ2) is 5.18. The predicted molar refractivity (Wildman–Crippen MR) is 54.7 cm³/mol. The lowest BCUT2D eigenvalue weighted by atomic mass is 10.2. The Balaban J connectivity index is 2.78. The largest absolute Gasteiger partial charge is 0.352 e. The Morgan fingerprint density at radius 1 is 1.64 bits per heavy atom. The zero-order valence-electron chi connectivity index (χ0n) is 8.08. The third kappa shape index (κ3) is 2.43. The number of carbonyl (C=O) groups is 1. The summed E-state index contributed by atoms with van der Waals surface area (Å²) in [6.07, 6.45) is 3.98. The third-order valence-electron chi connectivity index (χ3n) is 1.76. The lowest BCUT2D eigenvalue weighted by molar-refractivity contribution is 0.0954. The summed E-state index contributed by atoms with van der Waals surface area (Å²) in [6, 6.07) is 1.63. The van der Waals surface area contributed by atoms with Crippen molar-refractivity contribution in [2.45, 2.75) is 13.3 Å². The van der Waals surface area contributed by atoms with E-state index in [0.29, 0.717) is 17.8 Å². The molecule has 1 amide bonds. The summed E-state index contributed by atoms with van der Waals surface area (Å²) in [6.45, 7) is 2.65. The number of pyridine rings is 1. The minimum absolute atomic E-state index is 0.137. The molecular weight excluding hydrogens is 180 g/mol. The van der Waals surface area contributed by atoms with Gasteiger partial charge in [0.15, 0.2) is 0 Å². The molecule has 0 radical (unpaired) electrons. The molecule has 5 nitrogen and oxygen atoms in total. The zero-order valence-corrected chi connectivity index (χ0v) is 8.08. The van der Waals surface area contributed by atoms with E-state index in [4.69, 9.17) is 5.84 Å². The number of hydrogen-bond acceptors (Lipinski definition) is 4. The summed E-state index contributed by atoms with van der Waals surface area (Å²) < 4.78 is 0. The summed E-state index contributed by atoms with van der Waals surface area (Å²) >= 11 is 0. The van der Waals surface area contributed by atoms with Crippen LogP contribution in [0.15, 0.2) is 18.5 Å². The van der Waals surface area contributed by atoms with Gasteiger partial charge >= 0.3 is 0 Å². The molecule has 1 rings (SSSR count). The van der Waals surface area contributed by atoms with Gasteiger partial charge in [-0.1, -0.05) is 6.92 Å². The number of nitrogens with zero attached hydrogens (tertiary/aromatic N) is 1. The maximum Gasteiger partial charge on any atom is 0.253 e. The minimum atomic E-state index is -0.137. The first-order valence-electron chi connectivity index (χ1n) is 4.48. The van der Waals surface area contributed by atoms with E-state index >= 15 is 0 Å². The van der Waals surface area contributed by atoms with Gasteiger partial charge in [0.1, 0.15) is 0 Å². The van der Waals surface area contributed by atoms with Crippen molar-refractivity contribution in [3.05, 3.63) is 24.0 Å². The fourth-order valence-electron chi connectivity index (χ4n) is 1.04. The maximum atomic E-state index is 11.5. The van der Waals surface area contributed by atoms with Crippen molar-refractivity contribution in [3.8, 4) is 0 Å². The van der Waals surface area contributed by atoms with E-state index in [1.165, 1.54) is 6.20 Å². The number of aromatic nitrogens is 1. The van der Waals surface area contributed by atoms with Crippen LogP contribution in [0.5, 0.6) is 0 Å². The average molecular weight is 194 g/mol. The molecule has 0 aliphatic rings. The molecule has 1 aromatic rings. The van der Waals surface area contributed by atoms with Gasteiger partial charge in [0, 0.05) is 12.7 Å². The molecule has 0 aliphatic carbocycles. The van der Waals surface area contributed by atoms with E-state index in [-0.39, 0.29) is 5.91 Å². The lowest BCUT2D eigenvalue weighted by Crippen LogP contribution is -2.25. The molecule has 1 aromatic heterocycles. The Morgan fingerprint density at radius 2 is 2.43 bits per heavy atom. The molecule has 0 atom stereocenters. The second-order valence-electron chi connectivity index (χ2n) is 2.82. The molecule has 0 aromatic carbocycles. The molecule has 76 valence electrons. The number of anilines is 1. The Kier molecular flexibility index (Phi) is 3.87. The van der Waals surface area contributed by atoms with E-state index in [1.54, 1.807) is 12.3 Å². The first-order valence-corrected chi connectivity index (χ1v) is 4.48. The maximum absolute atomic E-state index is 11.5. The smallest absolute Gasteiger partial charge is 0.253 e. The summed E-state index contributed by atoms with van der Waals surface area (Å²) in [5, 5.41) is 2.76. The standard InChI is InChI=1S/C9H14N4O/c1-2-4-12-9(14)7-3-5-11-6-8(7)13-10/h3,5-6,13H,2,4,10H2,1H3,(H,12,14). The molecule has 1 heterocycles. The number of nitrogens with one attached hydrogen (secondary N) is 2. The highest BCUT2D eigenvalue weighted by molar-refractivity contribution is 5.99. The van der Waals surface area contributed by atoms with Crippen LogP contribution in [0, 0.1) is 0 Å². The van der Waals surface area contributed by atoms with Gasteiger partial charge in [-0.15, -0.1) is 0 Å². The molecule has 0 saturated heterocycles. The van der Waals surface area contributed by atoms with Gasteiger partial charge in [0.25, 0.3) is 5.91 Å². The van der Waals surface area contributed by atoms with Gasteiger partial charge in [0.2, 0.25) is 0 Å². The van der Waals surface area contributed by atoms with Crippen LogP contribution in [0.25, 0.3) is 0 Å². The minimum Gasteiger partial charge on any atom is -0.352 e. The van der Waals surface area contributed by atoms with Crippen molar-refractivity contribution in [2.75, 3.05) is 12.0 Å². The molecular formula is C9H14N4O. The van der Waals surface area contributed by atoms with Crippen LogP contribution in [-0.4, -0.2) is 17.4 Å². The molecule has 4 N–H and O–H groups in total. The van der Waals surface area contributed by atoms with E-state index in [1.807, 2.05) is 6.92 Å². The number of carbonyl (C=O) groups excluding carboxylic acids is 1. The Morgan fingerprint density at radius 3 is 3.07 bits per heavy atom. The monoisotopic (exact) mass is 194 g/mol. The van der Waals surface area contributed by atoms with Crippen molar-refractivity contribution in [1.82, 2.24) is 10.3 Å². The van der Waals surface area contributed by atoms with Crippen LogP contribution in [0.1, 0.15) is 23.7 Å². The van der Waals surface area contributed by atoms with Crippen molar-refractivity contribution in [3.63, 3.8) is 0 Å². The fraction of sp³-hybridized carbons (Fsp3) is 0.333. The normalized spacial score (nSPS) is 9.57. The first kappa shape index (κ1) is 10.5. The van der Waals surface area contributed by atoms with Gasteiger partial charge in [-0.05, 0) is 12.5 Å². The molecule has 0 fully saturated rings. The van der Waals surface area contributed by atoms with Crippen molar-refractivity contribution >= 4 is 11.6 Å². The summed E-state index contributed by atoms with van der Waals surface area (Å²) in [4.78, 5) is 15.4. The van der Waals surface area contributed by atoms with Gasteiger partial charge in [-0.3, -0.25) is 15.6 Å². The quantitative estimate of drug-likeness (QED) is 0.482. The van der Waals surface area contributed by atoms with Crippen molar-refractivity contribution < 1.29 is 4.79 Å². The number of hydrogen-bond donors (Lipinski definition) is 3. The highest BCUT2D eigenvalue weighted by atomic mass is 16.1. The first-order chi connectivity index (χ1) is 6.79. The lowest BCUT2D eigenvalue weighted by Gasteiger charge is -2.07. The van der Waals surface area contributed by atoms with Gasteiger partial charge < -0.3 is 10.7 Å². The predicted octanol–water partition coefficient (Wildman–Crippen LogP) is 0.507. The number of hydrazine groups is 1. The van der Waals surface area contributed by atoms with Gasteiger partial charge in [-0.25, -0.2) is 0 Å². The van der Waals surface area contributed by atoms with Crippen LogP contribution < -0.4 is 16.6 Å². The van der Waals surface area contributed by atoms with Crippen molar-refractivity contribution in [2.24, 2.45) is 5.84 Å². The summed E-state index contributed by atoms with van der Waals surface area (Å²) in [5.41, 5.74) is 3.47. The Bertz CT molecular complexity index is 313. The average Bonchev–Trinajstić information content (AvgIpc) is 2.25. The van der Waals surface area contributed by atoms with Crippen LogP contribution in [0.3, 0.4) is 0 Å². The fourth-order valence-corrected chi connectivity index (χ4v) is 1.04. The highest BCUT2D eigenvalue weighted by Gasteiger charge is 2.08. The Labute approximate surface area is 82.7 Å². The van der Waals surface area contributed by atoms with Gasteiger partial charge in [0.05, 0.1) is 17.4 Å². The Hall–Kier alpha value is -1.62. The van der Waals surface area contributed by atoms with Crippen molar-refractivity contribution in [1.29, 1.82) is 0 Å². The second-order valence-corrected chi connectivity index (χ2v) is 2.82. The molecule has 0 spiro atoms. The summed E-state index contributed by atoms with van der Waals surface area (Å²) in [5.74, 6) is 5.11. The molecule has 0 bridgehead atoms. The molecule has 0 aliphatic heterocycles. The third-order valence-corrected chi connectivity index (χ3v) is 1.76. The zero-order chi connectivity index (χ0) is 10.4. The van der Waals surface area contributed by atoms with E-state index in [0.717, 1.165) is 6.42 Å². The number of rotatable bonds is 4. The van der Waals surface area contributed by atoms with Gasteiger partial charge in [-0.2, -0.15) is 0 Å². The van der Waals surface area contributed by atoms with Crippen LogP contribution in [0.2, 0.25) is 0 Å². The van der Waals surface area contributed by atoms with E-state index in [2.05, 4.69) is 15.7 Å². The number of nitrogen functional groups attached to an aromatic ring is 1. The highest BCUT2D eigenvalue weighted by Crippen LogP contribution is 2.10. The summed E-state index contributed by atoms with van der Waals surface area (Å²) in [7, 11) is 0. The number of amides is 1.